The van der Waals surface area contributed by atoms with Gasteiger partial charge in [-0.25, -0.2) is 0 Å². The number of benzene rings is 2. The van der Waals surface area contributed by atoms with Crippen LogP contribution < -0.4 is 0 Å². The Hall–Kier alpha value is -1.76. The van der Waals surface area contributed by atoms with E-state index in [1.807, 2.05) is 24.3 Å². The molecule has 0 heterocycles. The molecule has 1 aliphatic carbocycles. The molecule has 17 heavy (non-hydrogen) atoms. The number of phenols is 1. The van der Waals surface area contributed by atoms with Crippen LogP contribution in [0.15, 0.2) is 48.0 Å². The molecule has 1 N–H and O–H groups in total. The quantitative estimate of drug-likeness (QED) is 0.758. The van der Waals surface area contributed by atoms with E-state index in [1.165, 1.54) is 30.2 Å². The van der Waals surface area contributed by atoms with Crippen molar-refractivity contribution in [1.82, 2.24) is 0 Å². The maximum absolute atomic E-state index is 9.84. The second kappa shape index (κ2) is 4.25. The Morgan fingerprint density at radius 2 is 1.82 bits per heavy atom. The molecule has 1 nitrogen and oxygen atoms in total. The lowest BCUT2D eigenvalue weighted by Gasteiger charge is -2.08. The van der Waals surface area contributed by atoms with E-state index < -0.39 is 0 Å². The number of allylic oxidation sites excluding steroid dienone is 2. The topological polar surface area (TPSA) is 20.2 Å². The molecule has 1 heteroatoms. The van der Waals surface area contributed by atoms with Gasteiger partial charge >= 0.3 is 0 Å². The fourth-order valence-electron chi connectivity index (χ4n) is 2.64. The summed E-state index contributed by atoms with van der Waals surface area (Å²) in [7, 11) is 0. The zero-order valence-electron chi connectivity index (χ0n) is 9.82. The molecule has 86 valence electrons. The number of hydrogen-bond donors (Lipinski definition) is 1. The summed E-state index contributed by atoms with van der Waals surface area (Å²) >= 11 is 0. The fourth-order valence-corrected chi connectivity index (χ4v) is 2.64. The number of aromatic hydroxyl groups is 1. The number of fused-ring (bicyclic) bond motifs is 1. The molecule has 1 aliphatic rings. The number of rotatable bonds is 2. The van der Waals surface area contributed by atoms with Crippen LogP contribution in [0.2, 0.25) is 0 Å². The molecule has 0 bridgehead atoms. The first-order valence-electron chi connectivity index (χ1n) is 6.22. The summed E-state index contributed by atoms with van der Waals surface area (Å²) in [4.78, 5) is 0. The highest BCUT2D eigenvalue weighted by atomic mass is 16.3. The van der Waals surface area contributed by atoms with Crippen LogP contribution in [0, 0.1) is 0 Å². The predicted octanol–water partition coefficient (Wildman–Crippen LogP) is 4.20. The Morgan fingerprint density at radius 1 is 1.00 bits per heavy atom. The lowest BCUT2D eigenvalue weighted by molar-refractivity contribution is 0.481. The summed E-state index contributed by atoms with van der Waals surface area (Å²) < 4.78 is 0. The van der Waals surface area contributed by atoms with Gasteiger partial charge in [-0.15, -0.1) is 0 Å². The summed E-state index contributed by atoms with van der Waals surface area (Å²) in [5, 5.41) is 12.0. The number of hydrogen-bond acceptors (Lipinski definition) is 1. The third kappa shape index (κ3) is 1.93. The highest BCUT2D eigenvalue weighted by Crippen LogP contribution is 2.30. The molecule has 0 aromatic heterocycles. The monoisotopic (exact) mass is 224 g/mol. The normalized spacial score (nSPS) is 15.2. The first kappa shape index (κ1) is 10.4. The molecular formula is C16H16O. The van der Waals surface area contributed by atoms with Gasteiger partial charge in [0.15, 0.2) is 0 Å². The van der Waals surface area contributed by atoms with Crippen molar-refractivity contribution in [3.05, 3.63) is 53.6 Å². The lowest BCUT2D eigenvalue weighted by Crippen LogP contribution is -1.90. The van der Waals surface area contributed by atoms with E-state index in [4.69, 9.17) is 0 Å². The van der Waals surface area contributed by atoms with Crippen molar-refractivity contribution in [3.8, 4) is 5.75 Å². The van der Waals surface area contributed by atoms with Gasteiger partial charge < -0.3 is 5.11 Å². The van der Waals surface area contributed by atoms with Crippen molar-refractivity contribution in [2.45, 2.75) is 25.7 Å². The Kier molecular flexibility index (Phi) is 2.60. The first-order chi connectivity index (χ1) is 8.34. The van der Waals surface area contributed by atoms with Crippen LogP contribution >= 0.6 is 0 Å². The van der Waals surface area contributed by atoms with Crippen molar-refractivity contribution in [3.63, 3.8) is 0 Å². The maximum atomic E-state index is 9.84. The average Bonchev–Trinajstić information content (AvgIpc) is 2.86. The van der Waals surface area contributed by atoms with Crippen LogP contribution in [-0.2, 0) is 6.42 Å². The highest BCUT2D eigenvalue weighted by Gasteiger charge is 2.09. The van der Waals surface area contributed by atoms with Crippen LogP contribution in [0.5, 0.6) is 5.75 Å². The van der Waals surface area contributed by atoms with Crippen molar-refractivity contribution < 1.29 is 5.11 Å². The molecule has 2 aromatic rings. The molecule has 0 aliphatic heterocycles. The Morgan fingerprint density at radius 3 is 2.59 bits per heavy atom. The number of phenolic OH excluding ortho intramolecular Hbond substituents is 1. The lowest BCUT2D eigenvalue weighted by atomic mass is 9.97. The second-order valence-corrected chi connectivity index (χ2v) is 4.72. The Balaban J connectivity index is 2.07. The standard InChI is InChI=1S/C16H16O/c17-16-10-9-13(11-12-5-1-2-6-12)14-7-3-4-8-15(14)16/h3-5,7-10,17H,1-2,6,11H2. The molecule has 0 spiro atoms. The van der Waals surface area contributed by atoms with Gasteiger partial charge in [-0.05, 0) is 42.7 Å². The minimum absolute atomic E-state index is 0.379. The van der Waals surface area contributed by atoms with Crippen molar-refractivity contribution in [2.24, 2.45) is 0 Å². The molecule has 2 aromatic carbocycles. The van der Waals surface area contributed by atoms with E-state index in [0.29, 0.717) is 5.75 Å². The maximum Gasteiger partial charge on any atom is 0.123 e. The van der Waals surface area contributed by atoms with E-state index in [0.717, 1.165) is 11.8 Å². The molecule has 0 unspecified atom stereocenters. The molecule has 0 saturated carbocycles. The largest absolute Gasteiger partial charge is 0.507 e. The van der Waals surface area contributed by atoms with Gasteiger partial charge in [0.1, 0.15) is 5.75 Å². The van der Waals surface area contributed by atoms with E-state index in [-0.39, 0.29) is 0 Å². The molecular weight excluding hydrogens is 208 g/mol. The summed E-state index contributed by atoms with van der Waals surface area (Å²) in [5.74, 6) is 0.379. The summed E-state index contributed by atoms with van der Waals surface area (Å²) in [6.07, 6.45) is 7.15. The molecule has 0 radical (unpaired) electrons. The molecule has 3 rings (SSSR count). The third-order valence-corrected chi connectivity index (χ3v) is 3.54. The van der Waals surface area contributed by atoms with E-state index in [2.05, 4.69) is 18.2 Å². The Bertz CT molecular complexity index is 581. The molecule has 0 saturated heterocycles. The van der Waals surface area contributed by atoms with Crippen LogP contribution in [0.3, 0.4) is 0 Å². The van der Waals surface area contributed by atoms with Gasteiger partial charge in [0, 0.05) is 5.39 Å². The second-order valence-electron chi connectivity index (χ2n) is 4.72. The van der Waals surface area contributed by atoms with Crippen LogP contribution in [0.4, 0.5) is 0 Å². The average molecular weight is 224 g/mol. The van der Waals surface area contributed by atoms with Crippen LogP contribution in [-0.4, -0.2) is 5.11 Å². The van der Waals surface area contributed by atoms with Gasteiger partial charge in [-0.2, -0.15) is 0 Å². The van der Waals surface area contributed by atoms with Crippen molar-refractivity contribution >= 4 is 10.8 Å². The smallest absolute Gasteiger partial charge is 0.123 e. The summed E-state index contributed by atoms with van der Waals surface area (Å²) in [6, 6.07) is 12.0. The van der Waals surface area contributed by atoms with Gasteiger partial charge in [0.25, 0.3) is 0 Å². The third-order valence-electron chi connectivity index (χ3n) is 3.54. The molecule has 0 amide bonds. The van der Waals surface area contributed by atoms with Gasteiger partial charge in [-0.1, -0.05) is 42.0 Å². The van der Waals surface area contributed by atoms with Crippen molar-refractivity contribution in [2.75, 3.05) is 0 Å². The summed E-state index contributed by atoms with van der Waals surface area (Å²) in [6.45, 7) is 0. The fraction of sp³-hybridized carbons (Fsp3) is 0.250. The molecule has 0 atom stereocenters. The van der Waals surface area contributed by atoms with E-state index in [1.54, 1.807) is 5.57 Å². The zero-order valence-corrected chi connectivity index (χ0v) is 9.82. The van der Waals surface area contributed by atoms with Crippen molar-refractivity contribution in [1.29, 1.82) is 0 Å². The zero-order chi connectivity index (χ0) is 11.7. The minimum atomic E-state index is 0.379. The van der Waals surface area contributed by atoms with Gasteiger partial charge in [-0.3, -0.25) is 0 Å². The SMILES string of the molecule is Oc1ccc(CC2=CCCC2)c2ccccc12. The minimum Gasteiger partial charge on any atom is -0.507 e. The summed E-state index contributed by atoms with van der Waals surface area (Å²) in [5.41, 5.74) is 2.87. The van der Waals surface area contributed by atoms with E-state index in [9.17, 15) is 5.11 Å². The highest BCUT2D eigenvalue weighted by molar-refractivity contribution is 5.90. The van der Waals surface area contributed by atoms with Crippen LogP contribution in [0.1, 0.15) is 24.8 Å². The first-order valence-corrected chi connectivity index (χ1v) is 6.22. The van der Waals surface area contributed by atoms with Gasteiger partial charge in [0.05, 0.1) is 0 Å². The molecule has 0 fully saturated rings. The Labute approximate surface area is 101 Å². The van der Waals surface area contributed by atoms with E-state index >= 15 is 0 Å². The van der Waals surface area contributed by atoms with Gasteiger partial charge in [0.2, 0.25) is 0 Å². The van der Waals surface area contributed by atoms with Crippen LogP contribution in [0.25, 0.3) is 10.8 Å². The predicted molar refractivity (Wildman–Crippen MR) is 71.3 cm³/mol.